The van der Waals surface area contributed by atoms with Crippen LogP contribution in [0.3, 0.4) is 0 Å². The van der Waals surface area contributed by atoms with Crippen LogP contribution in [-0.2, 0) is 11.2 Å². The average molecular weight is 533 g/mol. The lowest BCUT2D eigenvalue weighted by atomic mass is 9.74. The molecule has 3 heterocycles. The minimum atomic E-state index is -4.66. The number of anilines is 2. The molecule has 1 aromatic heterocycles. The first-order valence-electron chi connectivity index (χ1n) is 12.0. The Bertz CT molecular complexity index is 1150. The topological polar surface area (TPSA) is 76.8 Å². The zero-order chi connectivity index (χ0) is 26.4. The molecule has 1 atom stereocenters. The van der Waals surface area contributed by atoms with Gasteiger partial charge in [0.1, 0.15) is 12.2 Å². The number of ether oxygens (including phenoxy) is 2. The van der Waals surface area contributed by atoms with Gasteiger partial charge in [0.2, 0.25) is 0 Å². The Morgan fingerprint density at radius 1 is 1.19 bits per heavy atom. The highest BCUT2D eigenvalue weighted by atomic mass is 19.4. The monoisotopic (exact) mass is 533 g/mol. The van der Waals surface area contributed by atoms with Gasteiger partial charge in [0.25, 0.3) is 17.8 Å². The normalized spacial score (nSPS) is 22.6. The first kappa shape index (κ1) is 25.7. The van der Waals surface area contributed by atoms with Crippen molar-refractivity contribution in [1.82, 2.24) is 4.98 Å². The average Bonchev–Trinajstić information content (AvgIpc) is 3.35. The fourth-order valence-electron chi connectivity index (χ4n) is 5.03. The summed E-state index contributed by atoms with van der Waals surface area (Å²) in [4.78, 5) is 18.5. The smallest absolute Gasteiger partial charge is 0.396 e. The molecule has 0 radical (unpaired) electrons. The van der Waals surface area contributed by atoms with E-state index in [0.29, 0.717) is 26.3 Å². The van der Waals surface area contributed by atoms with E-state index in [2.05, 4.69) is 10.3 Å². The number of nitrogens with one attached hydrogen (secondary N) is 1. The van der Waals surface area contributed by atoms with Crippen LogP contribution in [0.1, 0.15) is 48.4 Å². The van der Waals surface area contributed by atoms with E-state index in [-0.39, 0.29) is 36.4 Å². The Labute approximate surface area is 208 Å². The highest BCUT2D eigenvalue weighted by Crippen LogP contribution is 2.43. The Morgan fingerprint density at radius 2 is 1.92 bits per heavy atom. The SMILES string of the molecule is O=C(Nc1ccc(OC2CCCC2(F)F)c(F)c1)c1nc(N2CC3(CCOCC3)C2)oc1CC(F)(F)F. The van der Waals surface area contributed by atoms with E-state index in [1.165, 1.54) is 6.07 Å². The number of halogens is 6. The second-order valence-corrected chi connectivity index (χ2v) is 9.89. The molecular formula is C24H25F6N3O4. The van der Waals surface area contributed by atoms with E-state index in [1.807, 2.05) is 0 Å². The summed E-state index contributed by atoms with van der Waals surface area (Å²) >= 11 is 0. The number of hydrogen-bond donors (Lipinski definition) is 1. The van der Waals surface area contributed by atoms with Gasteiger partial charge in [-0.05, 0) is 37.8 Å². The summed E-state index contributed by atoms with van der Waals surface area (Å²) < 4.78 is 97.5. The lowest BCUT2D eigenvalue weighted by molar-refractivity contribution is -0.130. The molecule has 1 spiro atoms. The molecule has 13 heteroatoms. The molecule has 7 nitrogen and oxygen atoms in total. The number of aromatic nitrogens is 1. The maximum Gasteiger partial charge on any atom is 0.396 e. The third-order valence-electron chi connectivity index (χ3n) is 7.05. The molecule has 37 heavy (non-hydrogen) atoms. The first-order valence-corrected chi connectivity index (χ1v) is 12.0. The second-order valence-electron chi connectivity index (χ2n) is 9.89. The van der Waals surface area contributed by atoms with Crippen molar-refractivity contribution in [2.75, 3.05) is 36.5 Å². The lowest BCUT2D eigenvalue weighted by Crippen LogP contribution is -2.58. The molecule has 1 N–H and O–H groups in total. The van der Waals surface area contributed by atoms with Crippen molar-refractivity contribution in [2.45, 2.75) is 56.7 Å². The Morgan fingerprint density at radius 3 is 2.54 bits per heavy atom. The number of oxazole rings is 1. The minimum absolute atomic E-state index is 0.0108. The molecule has 1 aliphatic carbocycles. The molecule has 1 aromatic carbocycles. The summed E-state index contributed by atoms with van der Waals surface area (Å²) in [6.07, 6.45) is -6.01. The van der Waals surface area contributed by atoms with E-state index in [4.69, 9.17) is 13.9 Å². The van der Waals surface area contributed by atoms with Gasteiger partial charge in [0.05, 0.1) is 0 Å². The van der Waals surface area contributed by atoms with Crippen molar-refractivity contribution in [3.8, 4) is 5.75 Å². The van der Waals surface area contributed by atoms with Crippen molar-refractivity contribution in [1.29, 1.82) is 0 Å². The summed E-state index contributed by atoms with van der Waals surface area (Å²) in [7, 11) is 0. The van der Waals surface area contributed by atoms with Gasteiger partial charge in [-0.1, -0.05) is 0 Å². The quantitative estimate of drug-likeness (QED) is 0.505. The van der Waals surface area contributed by atoms with Crippen LogP contribution in [0.15, 0.2) is 22.6 Å². The maximum atomic E-state index is 14.5. The number of hydrogen-bond acceptors (Lipinski definition) is 6. The number of carbonyl (C=O) groups excluding carboxylic acids is 1. The number of carbonyl (C=O) groups is 1. The molecule has 202 valence electrons. The van der Waals surface area contributed by atoms with Crippen LogP contribution in [0.25, 0.3) is 0 Å². The molecule has 1 amide bonds. The van der Waals surface area contributed by atoms with Crippen LogP contribution >= 0.6 is 0 Å². The van der Waals surface area contributed by atoms with E-state index in [0.717, 1.165) is 25.0 Å². The lowest BCUT2D eigenvalue weighted by Gasteiger charge is -2.51. The summed E-state index contributed by atoms with van der Waals surface area (Å²) in [5, 5.41) is 2.30. The molecular weight excluding hydrogens is 508 g/mol. The zero-order valence-corrected chi connectivity index (χ0v) is 19.7. The molecule has 3 fully saturated rings. The van der Waals surface area contributed by atoms with Crippen molar-refractivity contribution in [2.24, 2.45) is 5.41 Å². The second kappa shape index (κ2) is 9.41. The Hall–Kier alpha value is -2.96. The molecule has 3 aliphatic rings. The Kier molecular flexibility index (Phi) is 6.53. The van der Waals surface area contributed by atoms with Crippen molar-refractivity contribution in [3.05, 3.63) is 35.5 Å². The molecule has 1 unspecified atom stereocenters. The van der Waals surface area contributed by atoms with Gasteiger partial charge in [-0.3, -0.25) is 4.79 Å². The van der Waals surface area contributed by atoms with Crippen LogP contribution in [-0.4, -0.2) is 55.4 Å². The highest BCUT2D eigenvalue weighted by Gasteiger charge is 2.47. The van der Waals surface area contributed by atoms with Gasteiger partial charge in [0.15, 0.2) is 23.4 Å². The summed E-state index contributed by atoms with van der Waals surface area (Å²) in [5.74, 6) is -6.16. The number of nitrogens with zero attached hydrogens (tertiary/aromatic N) is 2. The summed E-state index contributed by atoms with van der Waals surface area (Å²) in [5.41, 5.74) is -0.685. The number of amides is 1. The zero-order valence-electron chi connectivity index (χ0n) is 19.7. The standard InChI is InChI=1S/C24H25F6N3O4/c25-15-10-14(3-4-16(15)36-18-2-1-5-23(18,26)27)31-20(34)19-17(11-24(28,29)30)37-21(32-19)33-12-22(13-33)6-8-35-9-7-22/h3-4,10,18H,1-2,5-9,11-13H2,(H,31,34). The first-order chi connectivity index (χ1) is 17.4. The van der Waals surface area contributed by atoms with E-state index in [1.54, 1.807) is 4.90 Å². The summed E-state index contributed by atoms with van der Waals surface area (Å²) in [6.45, 7) is 2.26. The third-order valence-corrected chi connectivity index (χ3v) is 7.05. The van der Waals surface area contributed by atoms with Gasteiger partial charge in [-0.15, -0.1) is 0 Å². The predicted octanol–water partition coefficient (Wildman–Crippen LogP) is 5.35. The number of alkyl halides is 5. The highest BCUT2D eigenvalue weighted by molar-refractivity contribution is 6.03. The van der Waals surface area contributed by atoms with Crippen LogP contribution < -0.4 is 15.0 Å². The van der Waals surface area contributed by atoms with Crippen LogP contribution in [0.4, 0.5) is 38.0 Å². The molecule has 2 saturated heterocycles. The van der Waals surface area contributed by atoms with Gasteiger partial charge < -0.3 is 24.1 Å². The molecule has 2 aliphatic heterocycles. The fraction of sp³-hybridized carbons (Fsp3) is 0.583. The largest absolute Gasteiger partial charge is 0.481 e. The summed E-state index contributed by atoms with van der Waals surface area (Å²) in [6, 6.07) is 3.04. The number of benzene rings is 1. The van der Waals surface area contributed by atoms with Crippen molar-refractivity contribution < 1.29 is 45.0 Å². The van der Waals surface area contributed by atoms with Gasteiger partial charge in [-0.2, -0.15) is 18.2 Å². The fourth-order valence-corrected chi connectivity index (χ4v) is 5.03. The molecule has 2 aromatic rings. The van der Waals surface area contributed by atoms with Crippen LogP contribution in [0.5, 0.6) is 5.75 Å². The van der Waals surface area contributed by atoms with E-state index in [9.17, 15) is 31.1 Å². The van der Waals surface area contributed by atoms with Gasteiger partial charge in [-0.25, -0.2) is 13.2 Å². The molecule has 1 saturated carbocycles. The van der Waals surface area contributed by atoms with Gasteiger partial charge >= 0.3 is 6.18 Å². The third kappa shape index (κ3) is 5.51. The molecule has 0 bridgehead atoms. The predicted molar refractivity (Wildman–Crippen MR) is 119 cm³/mol. The minimum Gasteiger partial charge on any atom is -0.481 e. The Balaban J connectivity index is 1.30. The van der Waals surface area contributed by atoms with Crippen LogP contribution in [0.2, 0.25) is 0 Å². The van der Waals surface area contributed by atoms with Crippen LogP contribution in [0, 0.1) is 11.2 Å². The van der Waals surface area contributed by atoms with Crippen molar-refractivity contribution in [3.63, 3.8) is 0 Å². The van der Waals surface area contributed by atoms with E-state index >= 15 is 0 Å². The van der Waals surface area contributed by atoms with Gasteiger partial charge in [0, 0.05) is 49.9 Å². The van der Waals surface area contributed by atoms with E-state index < -0.39 is 53.6 Å². The number of rotatable bonds is 6. The maximum absolute atomic E-state index is 14.5. The molecule has 5 rings (SSSR count). The van der Waals surface area contributed by atoms with Crippen molar-refractivity contribution >= 4 is 17.6 Å².